The topological polar surface area (TPSA) is 17.1 Å². The molecule has 1 aromatic rings. The minimum atomic E-state index is -4.29. The minimum Gasteiger partial charge on any atom is -0.299 e. The highest BCUT2D eigenvalue weighted by Gasteiger charge is 2.30. The fraction of sp³-hybridized carbons (Fsp3) is 0.533. The van der Waals surface area contributed by atoms with Gasteiger partial charge in [-0.25, -0.2) is 0 Å². The Morgan fingerprint density at radius 2 is 1.74 bits per heavy atom. The smallest absolute Gasteiger partial charge is 0.299 e. The second-order valence-corrected chi connectivity index (χ2v) is 5.16. The number of Topliss-reactive ketones (excluding diaryl/α,β-unsaturated/α-hetero) is 1. The van der Waals surface area contributed by atoms with E-state index in [-0.39, 0.29) is 11.7 Å². The summed E-state index contributed by atoms with van der Waals surface area (Å²) in [5.74, 6) is 0.247. The van der Waals surface area contributed by atoms with Crippen LogP contribution in [0.1, 0.15) is 43.2 Å². The van der Waals surface area contributed by atoms with Crippen LogP contribution in [0.2, 0.25) is 0 Å². The van der Waals surface area contributed by atoms with Crippen LogP contribution in [0.15, 0.2) is 24.3 Å². The maximum Gasteiger partial charge on any atom is 0.416 e. The highest BCUT2D eigenvalue weighted by Crippen LogP contribution is 2.30. The molecule has 0 bridgehead atoms. The maximum absolute atomic E-state index is 12.4. The van der Waals surface area contributed by atoms with Crippen molar-refractivity contribution >= 4 is 5.78 Å². The maximum atomic E-state index is 12.4. The molecule has 0 radical (unpaired) electrons. The number of ketones is 1. The molecule has 0 aliphatic heterocycles. The fourth-order valence-electron chi connectivity index (χ4n) is 2.56. The van der Waals surface area contributed by atoms with Crippen molar-refractivity contribution in [1.29, 1.82) is 0 Å². The van der Waals surface area contributed by atoms with Crippen molar-refractivity contribution in [2.24, 2.45) is 5.92 Å². The average molecular weight is 270 g/mol. The molecule has 2 rings (SSSR count). The van der Waals surface area contributed by atoms with E-state index in [9.17, 15) is 18.0 Å². The van der Waals surface area contributed by atoms with Gasteiger partial charge in [-0.05, 0) is 37.0 Å². The normalized spacial score (nSPS) is 21.2. The van der Waals surface area contributed by atoms with Gasteiger partial charge in [0.1, 0.15) is 5.78 Å². The Kier molecular flexibility index (Phi) is 4.27. The van der Waals surface area contributed by atoms with E-state index in [2.05, 4.69) is 0 Å². The Morgan fingerprint density at radius 3 is 2.37 bits per heavy atom. The molecule has 1 unspecified atom stereocenters. The van der Waals surface area contributed by atoms with Crippen LogP contribution < -0.4 is 0 Å². The van der Waals surface area contributed by atoms with Gasteiger partial charge in [-0.2, -0.15) is 13.2 Å². The van der Waals surface area contributed by atoms with Gasteiger partial charge >= 0.3 is 6.18 Å². The number of alkyl halides is 3. The third-order valence-electron chi connectivity index (χ3n) is 3.69. The van der Waals surface area contributed by atoms with Gasteiger partial charge in [0.15, 0.2) is 0 Å². The van der Waals surface area contributed by atoms with Crippen LogP contribution in [-0.2, 0) is 17.4 Å². The standard InChI is InChI=1S/C15H17F3O/c16-15(17,18)13-8-6-11(7-9-13)10-12-4-2-1-3-5-14(12)19/h6-9,12H,1-5,10H2. The van der Waals surface area contributed by atoms with Crippen LogP contribution in [-0.4, -0.2) is 5.78 Å². The van der Waals surface area contributed by atoms with E-state index in [0.717, 1.165) is 43.4 Å². The van der Waals surface area contributed by atoms with E-state index in [0.29, 0.717) is 12.8 Å². The van der Waals surface area contributed by atoms with Gasteiger partial charge in [0.25, 0.3) is 0 Å². The van der Waals surface area contributed by atoms with Crippen LogP contribution in [0, 0.1) is 5.92 Å². The SMILES string of the molecule is O=C1CCCCCC1Cc1ccc(C(F)(F)F)cc1. The van der Waals surface area contributed by atoms with Gasteiger partial charge in [-0.1, -0.05) is 25.0 Å². The number of halogens is 3. The minimum absolute atomic E-state index is 0.0146. The summed E-state index contributed by atoms with van der Waals surface area (Å²) in [5, 5.41) is 0. The summed E-state index contributed by atoms with van der Waals surface area (Å²) in [6, 6.07) is 5.16. The molecule has 0 aromatic heterocycles. The molecule has 1 saturated carbocycles. The average Bonchev–Trinajstić information content (AvgIpc) is 2.55. The number of carbonyl (C=O) groups is 1. The van der Waals surface area contributed by atoms with Crippen molar-refractivity contribution < 1.29 is 18.0 Å². The van der Waals surface area contributed by atoms with E-state index >= 15 is 0 Å². The van der Waals surface area contributed by atoms with Gasteiger partial charge < -0.3 is 0 Å². The first-order chi connectivity index (χ1) is 8.97. The molecule has 0 N–H and O–H groups in total. The molecule has 1 aromatic carbocycles. The van der Waals surface area contributed by atoms with Crippen LogP contribution in [0.3, 0.4) is 0 Å². The van der Waals surface area contributed by atoms with E-state index in [1.807, 2.05) is 0 Å². The predicted molar refractivity (Wildman–Crippen MR) is 66.7 cm³/mol. The van der Waals surface area contributed by atoms with E-state index < -0.39 is 11.7 Å². The number of hydrogen-bond acceptors (Lipinski definition) is 1. The van der Waals surface area contributed by atoms with Gasteiger partial charge in [-0.3, -0.25) is 4.79 Å². The Balaban J connectivity index is 2.04. The van der Waals surface area contributed by atoms with Gasteiger partial charge in [0, 0.05) is 12.3 Å². The molecule has 0 heterocycles. The highest BCUT2D eigenvalue weighted by molar-refractivity contribution is 5.81. The summed E-state index contributed by atoms with van der Waals surface area (Å²) in [7, 11) is 0. The van der Waals surface area contributed by atoms with Gasteiger partial charge in [0.05, 0.1) is 5.56 Å². The molecule has 0 amide bonds. The molecule has 0 saturated heterocycles. The number of hydrogen-bond donors (Lipinski definition) is 0. The molecule has 1 fully saturated rings. The lowest BCUT2D eigenvalue weighted by Crippen LogP contribution is -2.15. The summed E-state index contributed by atoms with van der Waals surface area (Å²) in [5.41, 5.74) is 0.177. The molecular formula is C15H17F3O. The molecule has 19 heavy (non-hydrogen) atoms. The molecule has 1 aliphatic carbocycles. The van der Waals surface area contributed by atoms with Gasteiger partial charge in [0.2, 0.25) is 0 Å². The van der Waals surface area contributed by atoms with Crippen molar-refractivity contribution in [3.63, 3.8) is 0 Å². The Labute approximate surface area is 110 Å². The zero-order valence-electron chi connectivity index (χ0n) is 10.7. The second-order valence-electron chi connectivity index (χ2n) is 5.16. The third-order valence-corrected chi connectivity index (χ3v) is 3.69. The second kappa shape index (κ2) is 5.76. The molecule has 1 nitrogen and oxygen atoms in total. The summed E-state index contributed by atoms with van der Waals surface area (Å²) < 4.78 is 37.3. The molecule has 0 spiro atoms. The largest absolute Gasteiger partial charge is 0.416 e. The monoisotopic (exact) mass is 270 g/mol. The zero-order valence-corrected chi connectivity index (χ0v) is 10.7. The number of rotatable bonds is 2. The molecule has 104 valence electrons. The summed E-state index contributed by atoms with van der Waals surface area (Å²) in [4.78, 5) is 11.9. The van der Waals surface area contributed by atoms with Crippen LogP contribution >= 0.6 is 0 Å². The lowest BCUT2D eigenvalue weighted by Gasteiger charge is -2.13. The zero-order chi connectivity index (χ0) is 13.9. The first-order valence-corrected chi connectivity index (χ1v) is 6.65. The van der Waals surface area contributed by atoms with Crippen molar-refractivity contribution in [2.45, 2.75) is 44.7 Å². The Bertz CT molecular complexity index is 434. The molecular weight excluding hydrogens is 253 g/mol. The molecule has 4 heteroatoms. The first-order valence-electron chi connectivity index (χ1n) is 6.65. The highest BCUT2D eigenvalue weighted by atomic mass is 19.4. The van der Waals surface area contributed by atoms with Crippen molar-refractivity contribution in [3.8, 4) is 0 Å². The first kappa shape index (κ1) is 14.1. The summed E-state index contributed by atoms with van der Waals surface area (Å²) in [6.45, 7) is 0. The Morgan fingerprint density at radius 1 is 1.05 bits per heavy atom. The quantitative estimate of drug-likeness (QED) is 0.728. The van der Waals surface area contributed by atoms with Crippen molar-refractivity contribution in [2.75, 3.05) is 0 Å². The van der Waals surface area contributed by atoms with Crippen LogP contribution in [0.25, 0.3) is 0 Å². The molecule has 1 aliphatic rings. The van der Waals surface area contributed by atoms with Gasteiger partial charge in [-0.15, -0.1) is 0 Å². The van der Waals surface area contributed by atoms with E-state index in [4.69, 9.17) is 0 Å². The van der Waals surface area contributed by atoms with Crippen molar-refractivity contribution in [1.82, 2.24) is 0 Å². The fourth-order valence-corrected chi connectivity index (χ4v) is 2.56. The van der Waals surface area contributed by atoms with E-state index in [1.165, 1.54) is 12.1 Å². The Hall–Kier alpha value is -1.32. The third kappa shape index (κ3) is 3.82. The lowest BCUT2D eigenvalue weighted by molar-refractivity contribution is -0.137. The lowest BCUT2D eigenvalue weighted by atomic mass is 9.91. The van der Waals surface area contributed by atoms with E-state index in [1.54, 1.807) is 0 Å². The predicted octanol–water partition coefficient (Wildman–Crippen LogP) is 4.40. The summed E-state index contributed by atoms with van der Waals surface area (Å²) in [6.07, 6.45) is 0.813. The number of benzene rings is 1. The van der Waals surface area contributed by atoms with Crippen molar-refractivity contribution in [3.05, 3.63) is 35.4 Å². The van der Waals surface area contributed by atoms with Crippen LogP contribution in [0.4, 0.5) is 13.2 Å². The number of carbonyl (C=O) groups excluding carboxylic acids is 1. The molecule has 1 atom stereocenters. The summed E-state index contributed by atoms with van der Waals surface area (Å²) >= 11 is 0. The van der Waals surface area contributed by atoms with Crippen LogP contribution in [0.5, 0.6) is 0 Å².